The van der Waals surface area contributed by atoms with Gasteiger partial charge in [0.2, 0.25) is 0 Å². The monoisotopic (exact) mass is 153 g/mol. The van der Waals surface area contributed by atoms with Crippen molar-refractivity contribution >= 4 is 33.0 Å². The Balaban J connectivity index is 2.90. The van der Waals surface area contributed by atoms with Gasteiger partial charge in [0.05, 0.1) is 6.20 Å². The maximum absolute atomic E-state index is 8.35. The summed E-state index contributed by atoms with van der Waals surface area (Å²) in [4.78, 5) is 4.59. The SMILES string of the molecule is N#Cc1cnc([NH][AlH2])s1. The molecule has 0 amide bonds. The molecule has 1 aromatic rings. The molecule has 1 rings (SSSR count). The third kappa shape index (κ3) is 1.43. The van der Waals surface area contributed by atoms with Crippen LogP contribution in [0.15, 0.2) is 6.20 Å². The number of aromatic nitrogens is 1. The predicted octanol–water partition coefficient (Wildman–Crippen LogP) is -0.0252. The quantitative estimate of drug-likeness (QED) is 0.576. The number of anilines is 1. The fourth-order valence-corrected chi connectivity index (χ4v) is 1.44. The number of hydrogen-bond acceptors (Lipinski definition) is 4. The van der Waals surface area contributed by atoms with Crippen LogP contribution < -0.4 is 4.30 Å². The maximum Gasteiger partial charge on any atom is 0.363 e. The molecule has 0 aliphatic rings. The molecule has 9 heavy (non-hydrogen) atoms. The smallest absolute Gasteiger partial charge is 0.363 e. The Hall–Kier alpha value is -0.548. The van der Waals surface area contributed by atoms with Gasteiger partial charge in [0.1, 0.15) is 10.9 Å². The Morgan fingerprint density at radius 3 is 3.00 bits per heavy atom. The summed E-state index contributed by atoms with van der Waals surface area (Å²) in [5.74, 6) is 0. The highest BCUT2D eigenvalue weighted by atomic mass is 32.1. The Labute approximate surface area is 65.0 Å². The highest BCUT2D eigenvalue weighted by Crippen LogP contribution is 2.14. The van der Waals surface area contributed by atoms with Crippen molar-refractivity contribution in [3.05, 3.63) is 11.1 Å². The van der Waals surface area contributed by atoms with Gasteiger partial charge in [-0.05, 0) is 0 Å². The first-order chi connectivity index (χ1) is 4.36. The Morgan fingerprint density at radius 1 is 1.89 bits per heavy atom. The van der Waals surface area contributed by atoms with E-state index < -0.39 is 0 Å². The molecule has 0 saturated carbocycles. The van der Waals surface area contributed by atoms with E-state index in [-0.39, 0.29) is 0 Å². The van der Waals surface area contributed by atoms with Gasteiger partial charge in [-0.15, -0.1) is 0 Å². The van der Waals surface area contributed by atoms with E-state index in [1.54, 1.807) is 6.20 Å². The average molecular weight is 153 g/mol. The van der Waals surface area contributed by atoms with Crippen molar-refractivity contribution in [3.63, 3.8) is 0 Å². The Bertz CT molecular complexity index is 238. The van der Waals surface area contributed by atoms with Gasteiger partial charge in [-0.1, -0.05) is 11.3 Å². The van der Waals surface area contributed by atoms with Crippen molar-refractivity contribution in [2.24, 2.45) is 0 Å². The summed E-state index contributed by atoms with van der Waals surface area (Å²) in [6.07, 6.45) is 1.57. The third-order valence-electron chi connectivity index (χ3n) is 0.830. The molecule has 3 nitrogen and oxygen atoms in total. The highest BCUT2D eigenvalue weighted by Gasteiger charge is 1.94. The summed E-state index contributed by atoms with van der Waals surface area (Å²) in [6, 6.07) is 2.01. The van der Waals surface area contributed by atoms with Crippen LogP contribution in [0.5, 0.6) is 0 Å². The van der Waals surface area contributed by atoms with Crippen molar-refractivity contribution in [2.75, 3.05) is 4.30 Å². The molecule has 1 N–H and O–H groups in total. The van der Waals surface area contributed by atoms with Crippen molar-refractivity contribution < 1.29 is 0 Å². The van der Waals surface area contributed by atoms with Crippen molar-refractivity contribution in [1.29, 1.82) is 5.26 Å². The lowest BCUT2D eigenvalue weighted by Gasteiger charge is -1.85. The molecule has 0 radical (unpaired) electrons. The first-order valence-electron chi connectivity index (χ1n) is 2.40. The van der Waals surface area contributed by atoms with E-state index in [0.29, 0.717) is 4.88 Å². The van der Waals surface area contributed by atoms with Crippen LogP contribution in [-0.4, -0.2) is 21.5 Å². The summed E-state index contributed by atoms with van der Waals surface area (Å²) in [7, 11) is 0. The van der Waals surface area contributed by atoms with E-state index in [4.69, 9.17) is 5.26 Å². The highest BCUT2D eigenvalue weighted by molar-refractivity contribution is 7.16. The second-order valence-corrected chi connectivity index (χ2v) is 2.92. The molecule has 0 saturated heterocycles. The first-order valence-corrected chi connectivity index (χ1v) is 4.22. The lowest BCUT2D eigenvalue weighted by molar-refractivity contribution is 1.40. The van der Waals surface area contributed by atoms with E-state index in [9.17, 15) is 0 Å². The Morgan fingerprint density at radius 2 is 2.67 bits per heavy atom. The molecule has 0 aliphatic carbocycles. The number of nitrogens with zero attached hydrogens (tertiary/aromatic N) is 2. The van der Waals surface area contributed by atoms with Gasteiger partial charge < -0.3 is 4.30 Å². The van der Waals surface area contributed by atoms with Gasteiger partial charge in [0, 0.05) is 0 Å². The second-order valence-electron chi connectivity index (χ2n) is 1.39. The summed E-state index contributed by atoms with van der Waals surface area (Å²) in [5.41, 5.74) is 0. The molecule has 0 bridgehead atoms. The number of nitrogens with one attached hydrogen (secondary N) is 1. The topological polar surface area (TPSA) is 48.7 Å². The molecule has 1 heterocycles. The van der Waals surface area contributed by atoms with Gasteiger partial charge in [-0.2, -0.15) is 5.26 Å². The minimum atomic E-state index is 0.661. The zero-order chi connectivity index (χ0) is 6.69. The van der Waals surface area contributed by atoms with Crippen molar-refractivity contribution in [2.45, 2.75) is 0 Å². The van der Waals surface area contributed by atoms with E-state index >= 15 is 0 Å². The normalized spacial score (nSPS) is 8.33. The first kappa shape index (κ1) is 6.57. The molecule has 0 spiro atoms. The zero-order valence-corrected chi connectivity index (χ0v) is 7.70. The second kappa shape index (κ2) is 2.84. The van der Waals surface area contributed by atoms with Crippen molar-refractivity contribution in [1.82, 2.24) is 4.98 Å². The third-order valence-corrected chi connectivity index (χ3v) is 2.59. The summed E-state index contributed by atoms with van der Waals surface area (Å²) >= 11 is 2.27. The zero-order valence-electron chi connectivity index (χ0n) is 4.88. The largest absolute Gasteiger partial charge is 0.458 e. The molecule has 0 aromatic carbocycles. The minimum absolute atomic E-state index is 0.661. The number of thiazole rings is 1. The van der Waals surface area contributed by atoms with Crippen LogP contribution >= 0.6 is 11.3 Å². The summed E-state index contributed by atoms with van der Waals surface area (Å²) in [6.45, 7) is 0. The Kier molecular flexibility index (Phi) is 2.07. The fourth-order valence-electron chi connectivity index (χ4n) is 0.441. The van der Waals surface area contributed by atoms with E-state index in [1.165, 1.54) is 11.3 Å². The van der Waals surface area contributed by atoms with Crippen LogP contribution in [-0.2, 0) is 0 Å². The number of hydrogen-bond donors (Lipinski definition) is 1. The molecular formula is C4H4AlN3S. The van der Waals surface area contributed by atoms with Crippen LogP contribution in [0.1, 0.15) is 4.88 Å². The molecular weight excluding hydrogens is 149 g/mol. The fraction of sp³-hybridized carbons (Fsp3) is 0. The summed E-state index contributed by atoms with van der Waals surface area (Å²) in [5, 5.41) is 9.20. The van der Waals surface area contributed by atoms with Crippen molar-refractivity contribution in [3.8, 4) is 6.07 Å². The van der Waals surface area contributed by atoms with Gasteiger partial charge in [0.15, 0.2) is 5.13 Å². The number of rotatable bonds is 1. The van der Waals surface area contributed by atoms with Crippen LogP contribution in [0.4, 0.5) is 5.13 Å². The predicted molar refractivity (Wildman–Crippen MR) is 39.0 cm³/mol. The van der Waals surface area contributed by atoms with E-state index in [2.05, 4.69) is 9.28 Å². The number of nitriles is 1. The van der Waals surface area contributed by atoms with Crippen LogP contribution in [0.2, 0.25) is 0 Å². The van der Waals surface area contributed by atoms with Crippen LogP contribution in [0, 0.1) is 11.3 Å². The van der Waals surface area contributed by atoms with Gasteiger partial charge >= 0.3 is 16.5 Å². The average Bonchev–Trinajstić information content (AvgIpc) is 2.34. The standard InChI is InChI=1S/C4H2N3S.Al.2H/c5-1-3-2-7-4(6)8-3;;;/h2H,(H-,6,7);;;/q-1;+1;;. The van der Waals surface area contributed by atoms with Gasteiger partial charge in [-0.3, -0.25) is 0 Å². The lowest BCUT2D eigenvalue weighted by atomic mass is 10.6. The van der Waals surface area contributed by atoms with E-state index in [1.807, 2.05) is 6.07 Å². The van der Waals surface area contributed by atoms with Crippen LogP contribution in [0.25, 0.3) is 0 Å². The molecule has 0 fully saturated rings. The maximum atomic E-state index is 8.35. The lowest BCUT2D eigenvalue weighted by Crippen LogP contribution is -1.86. The molecule has 0 unspecified atom stereocenters. The van der Waals surface area contributed by atoms with E-state index in [0.717, 1.165) is 21.6 Å². The molecule has 0 atom stereocenters. The minimum Gasteiger partial charge on any atom is -0.458 e. The molecule has 0 aliphatic heterocycles. The molecule has 1 aromatic heterocycles. The van der Waals surface area contributed by atoms with Gasteiger partial charge in [0.25, 0.3) is 0 Å². The van der Waals surface area contributed by atoms with Gasteiger partial charge in [-0.25, -0.2) is 4.98 Å². The molecule has 5 heteroatoms. The molecule has 44 valence electrons. The summed E-state index contributed by atoms with van der Waals surface area (Å²) < 4.78 is 2.98. The van der Waals surface area contributed by atoms with Crippen LogP contribution in [0.3, 0.4) is 0 Å².